The van der Waals surface area contributed by atoms with Gasteiger partial charge < -0.3 is 15.4 Å². The molecule has 2 rings (SSSR count). The third-order valence-corrected chi connectivity index (χ3v) is 3.89. The van der Waals surface area contributed by atoms with Crippen molar-refractivity contribution in [2.45, 2.75) is 19.4 Å². The van der Waals surface area contributed by atoms with Crippen molar-refractivity contribution in [3.63, 3.8) is 0 Å². The normalized spacial score (nSPS) is 11.5. The highest BCUT2D eigenvalue weighted by Crippen LogP contribution is 2.22. The molecule has 0 bridgehead atoms. The Labute approximate surface area is 149 Å². The van der Waals surface area contributed by atoms with E-state index in [-0.39, 0.29) is 18.2 Å². The van der Waals surface area contributed by atoms with Crippen molar-refractivity contribution in [1.82, 2.24) is 5.32 Å². The van der Waals surface area contributed by atoms with Gasteiger partial charge in [0.2, 0.25) is 11.8 Å². The Morgan fingerprint density at radius 2 is 1.88 bits per heavy atom. The molecule has 0 aliphatic heterocycles. The van der Waals surface area contributed by atoms with Crippen molar-refractivity contribution in [2.75, 3.05) is 12.4 Å². The molecule has 0 fully saturated rings. The number of carbonyl (C=O) groups excluding carboxylic acids is 2. The number of amides is 2. The first kappa shape index (κ1) is 18.0. The number of anilines is 1. The molecule has 0 aromatic heterocycles. The van der Waals surface area contributed by atoms with Crippen LogP contribution in [0.3, 0.4) is 0 Å². The van der Waals surface area contributed by atoms with Crippen molar-refractivity contribution >= 4 is 33.4 Å². The Morgan fingerprint density at radius 3 is 2.46 bits per heavy atom. The van der Waals surface area contributed by atoms with Crippen molar-refractivity contribution in [3.8, 4) is 5.75 Å². The van der Waals surface area contributed by atoms with Gasteiger partial charge in [0.25, 0.3) is 0 Å². The van der Waals surface area contributed by atoms with Crippen molar-refractivity contribution in [1.29, 1.82) is 0 Å². The molecule has 0 radical (unpaired) electrons. The molecule has 6 heteroatoms. The van der Waals surface area contributed by atoms with E-state index in [0.29, 0.717) is 5.69 Å². The third kappa shape index (κ3) is 5.38. The molecule has 2 N–H and O–H groups in total. The van der Waals surface area contributed by atoms with Crippen LogP contribution in [0.15, 0.2) is 53.0 Å². The Kier molecular flexibility index (Phi) is 6.37. The van der Waals surface area contributed by atoms with Crippen LogP contribution in [0.1, 0.15) is 24.9 Å². The first-order valence-electron chi connectivity index (χ1n) is 7.44. The number of halogens is 1. The molecular weight excluding hydrogens is 372 g/mol. The maximum atomic E-state index is 12.3. The Bertz CT molecular complexity index is 716. The minimum Gasteiger partial charge on any atom is -0.497 e. The quantitative estimate of drug-likeness (QED) is 0.790. The number of rotatable bonds is 6. The van der Waals surface area contributed by atoms with Crippen LogP contribution < -0.4 is 15.4 Å². The van der Waals surface area contributed by atoms with Crippen LogP contribution in [0.25, 0.3) is 0 Å². The van der Waals surface area contributed by atoms with Crippen LogP contribution >= 0.6 is 15.9 Å². The van der Waals surface area contributed by atoms with Gasteiger partial charge in [-0.15, -0.1) is 0 Å². The Morgan fingerprint density at radius 1 is 1.17 bits per heavy atom. The van der Waals surface area contributed by atoms with E-state index in [9.17, 15) is 9.59 Å². The van der Waals surface area contributed by atoms with Gasteiger partial charge in [-0.2, -0.15) is 0 Å². The van der Waals surface area contributed by atoms with Gasteiger partial charge in [-0.3, -0.25) is 9.59 Å². The number of carbonyl (C=O) groups is 2. The molecule has 0 spiro atoms. The summed E-state index contributed by atoms with van der Waals surface area (Å²) in [7, 11) is 1.59. The summed E-state index contributed by atoms with van der Waals surface area (Å²) in [4.78, 5) is 23.8. The molecule has 1 atom stereocenters. The molecule has 0 saturated heterocycles. The van der Waals surface area contributed by atoms with Gasteiger partial charge in [0.1, 0.15) is 5.75 Å². The van der Waals surface area contributed by atoms with Gasteiger partial charge in [0, 0.05) is 17.1 Å². The average Bonchev–Trinajstić information content (AvgIpc) is 2.54. The monoisotopic (exact) mass is 390 g/mol. The van der Waals surface area contributed by atoms with Crippen LogP contribution in [0.4, 0.5) is 5.69 Å². The second kappa shape index (κ2) is 8.49. The minimum atomic E-state index is -0.402. The SMILES string of the molecule is COc1ccc(C(CC(=O)Nc2cccc(Br)c2)NC(C)=O)cc1. The second-order valence-electron chi connectivity index (χ2n) is 5.29. The zero-order chi connectivity index (χ0) is 17.5. The maximum Gasteiger partial charge on any atom is 0.226 e. The molecule has 2 aromatic carbocycles. The van der Waals surface area contributed by atoms with E-state index < -0.39 is 6.04 Å². The molecule has 0 heterocycles. The lowest BCUT2D eigenvalue weighted by atomic mass is 10.0. The predicted molar refractivity (Wildman–Crippen MR) is 96.9 cm³/mol. The van der Waals surface area contributed by atoms with Gasteiger partial charge in [-0.05, 0) is 35.9 Å². The molecular formula is C18H19BrN2O3. The van der Waals surface area contributed by atoms with E-state index in [1.165, 1.54) is 6.92 Å². The average molecular weight is 391 g/mol. The highest BCUT2D eigenvalue weighted by Gasteiger charge is 2.17. The van der Waals surface area contributed by atoms with E-state index in [0.717, 1.165) is 15.8 Å². The van der Waals surface area contributed by atoms with Gasteiger partial charge in [0.15, 0.2) is 0 Å². The van der Waals surface area contributed by atoms with Crippen LogP contribution in [0.5, 0.6) is 5.75 Å². The topological polar surface area (TPSA) is 67.4 Å². The molecule has 24 heavy (non-hydrogen) atoms. The number of hydrogen-bond donors (Lipinski definition) is 2. The third-order valence-electron chi connectivity index (χ3n) is 3.39. The zero-order valence-corrected chi connectivity index (χ0v) is 15.1. The van der Waals surface area contributed by atoms with Crippen LogP contribution in [0, 0.1) is 0 Å². The fraction of sp³-hybridized carbons (Fsp3) is 0.222. The Balaban J connectivity index is 2.09. The van der Waals surface area contributed by atoms with E-state index >= 15 is 0 Å². The molecule has 0 aliphatic rings. The molecule has 2 aromatic rings. The summed E-state index contributed by atoms with van der Waals surface area (Å²) >= 11 is 3.37. The molecule has 1 unspecified atom stereocenters. The zero-order valence-electron chi connectivity index (χ0n) is 13.5. The fourth-order valence-corrected chi connectivity index (χ4v) is 2.70. The summed E-state index contributed by atoms with van der Waals surface area (Å²) in [6, 6.07) is 14.2. The van der Waals surface area contributed by atoms with Gasteiger partial charge in [-0.25, -0.2) is 0 Å². The molecule has 2 amide bonds. The predicted octanol–water partition coefficient (Wildman–Crippen LogP) is 3.66. The van der Waals surface area contributed by atoms with E-state index in [1.807, 2.05) is 36.4 Å². The second-order valence-corrected chi connectivity index (χ2v) is 6.20. The number of ether oxygens (including phenoxy) is 1. The summed E-state index contributed by atoms with van der Waals surface area (Å²) in [5, 5.41) is 5.65. The largest absolute Gasteiger partial charge is 0.497 e. The summed E-state index contributed by atoms with van der Waals surface area (Å²) in [5.41, 5.74) is 1.54. The number of nitrogens with one attached hydrogen (secondary N) is 2. The van der Waals surface area contributed by atoms with Crippen molar-refractivity contribution in [2.24, 2.45) is 0 Å². The Hall–Kier alpha value is -2.34. The van der Waals surface area contributed by atoms with Crippen molar-refractivity contribution in [3.05, 3.63) is 58.6 Å². The summed E-state index contributed by atoms with van der Waals surface area (Å²) in [6.45, 7) is 1.43. The highest BCUT2D eigenvalue weighted by atomic mass is 79.9. The lowest BCUT2D eigenvalue weighted by Crippen LogP contribution is -2.29. The van der Waals surface area contributed by atoms with Crippen molar-refractivity contribution < 1.29 is 14.3 Å². The van der Waals surface area contributed by atoms with Crippen LogP contribution in [-0.2, 0) is 9.59 Å². The minimum absolute atomic E-state index is 0.137. The van der Waals surface area contributed by atoms with Gasteiger partial charge in [0.05, 0.1) is 19.6 Å². The smallest absolute Gasteiger partial charge is 0.226 e. The highest BCUT2D eigenvalue weighted by molar-refractivity contribution is 9.10. The summed E-state index contributed by atoms with van der Waals surface area (Å²) in [5.74, 6) is 0.354. The van der Waals surface area contributed by atoms with Gasteiger partial charge >= 0.3 is 0 Å². The first-order valence-corrected chi connectivity index (χ1v) is 8.23. The molecule has 5 nitrogen and oxygen atoms in total. The molecule has 0 saturated carbocycles. The summed E-state index contributed by atoms with van der Waals surface area (Å²) < 4.78 is 6.01. The number of hydrogen-bond acceptors (Lipinski definition) is 3. The lowest BCUT2D eigenvalue weighted by Gasteiger charge is -2.18. The summed E-state index contributed by atoms with van der Waals surface area (Å²) in [6.07, 6.45) is 0.137. The van der Waals surface area contributed by atoms with Gasteiger partial charge in [-0.1, -0.05) is 34.1 Å². The number of methoxy groups -OCH3 is 1. The first-order chi connectivity index (χ1) is 11.5. The van der Waals surface area contributed by atoms with E-state index in [2.05, 4.69) is 26.6 Å². The fourth-order valence-electron chi connectivity index (χ4n) is 2.30. The van der Waals surface area contributed by atoms with E-state index in [1.54, 1.807) is 19.2 Å². The lowest BCUT2D eigenvalue weighted by molar-refractivity contribution is -0.120. The molecule has 126 valence electrons. The van der Waals surface area contributed by atoms with Crippen LogP contribution in [-0.4, -0.2) is 18.9 Å². The number of benzene rings is 2. The molecule has 0 aliphatic carbocycles. The van der Waals surface area contributed by atoms with E-state index in [4.69, 9.17) is 4.74 Å². The van der Waals surface area contributed by atoms with Crippen LogP contribution in [0.2, 0.25) is 0 Å². The maximum absolute atomic E-state index is 12.3. The standard InChI is InChI=1S/C18H19BrN2O3/c1-12(22)20-17(13-6-8-16(24-2)9-7-13)11-18(23)21-15-5-3-4-14(19)10-15/h3-10,17H,11H2,1-2H3,(H,20,22)(H,21,23).